The van der Waals surface area contributed by atoms with Gasteiger partial charge in [-0.25, -0.2) is 0 Å². The van der Waals surface area contributed by atoms with Gasteiger partial charge in [-0.1, -0.05) is 30.3 Å². The molecule has 132 valence electrons. The Kier molecular flexibility index (Phi) is 4.97. The molecule has 25 heavy (non-hydrogen) atoms. The molecule has 0 fully saturated rings. The van der Waals surface area contributed by atoms with Crippen LogP contribution in [0.2, 0.25) is 0 Å². The first-order valence-corrected chi connectivity index (χ1v) is 8.11. The summed E-state index contributed by atoms with van der Waals surface area (Å²) in [5.74, 6) is -0.326. The van der Waals surface area contributed by atoms with Crippen molar-refractivity contribution in [3.8, 4) is 5.75 Å². The molecule has 0 unspecified atom stereocenters. The molecular weight excluding hydrogens is 331 g/mol. The summed E-state index contributed by atoms with van der Waals surface area (Å²) >= 11 is 0. The van der Waals surface area contributed by atoms with E-state index in [1.54, 1.807) is 0 Å². The van der Waals surface area contributed by atoms with Gasteiger partial charge in [-0.3, -0.25) is 4.79 Å². The highest BCUT2D eigenvalue weighted by Crippen LogP contribution is 2.31. The Morgan fingerprint density at radius 2 is 1.96 bits per heavy atom. The van der Waals surface area contributed by atoms with Gasteiger partial charge in [0.2, 0.25) is 0 Å². The number of aryl methyl sites for hydroxylation is 1. The second kappa shape index (κ2) is 7.17. The predicted octanol–water partition coefficient (Wildman–Crippen LogP) is 4.28. The van der Waals surface area contributed by atoms with Crippen LogP contribution < -0.4 is 10.1 Å². The van der Waals surface area contributed by atoms with Gasteiger partial charge in [0, 0.05) is 0 Å². The molecule has 0 bridgehead atoms. The van der Waals surface area contributed by atoms with Crippen molar-refractivity contribution in [2.24, 2.45) is 0 Å². The Morgan fingerprint density at radius 3 is 2.76 bits per heavy atom. The zero-order valence-electron chi connectivity index (χ0n) is 13.5. The number of ether oxygens (including phenoxy) is 1. The lowest BCUT2D eigenvalue weighted by Gasteiger charge is -2.26. The van der Waals surface area contributed by atoms with Crippen LogP contribution in [-0.2, 0) is 17.4 Å². The van der Waals surface area contributed by atoms with E-state index < -0.39 is 11.7 Å². The monoisotopic (exact) mass is 349 g/mol. The molecule has 0 saturated heterocycles. The molecule has 2 aromatic rings. The first kappa shape index (κ1) is 17.3. The Labute approximate surface area is 143 Å². The first-order chi connectivity index (χ1) is 11.9. The quantitative estimate of drug-likeness (QED) is 0.895. The Bertz CT molecular complexity index is 758. The van der Waals surface area contributed by atoms with Crippen LogP contribution in [0.25, 0.3) is 0 Å². The lowest BCUT2D eigenvalue weighted by Crippen LogP contribution is -2.34. The van der Waals surface area contributed by atoms with Gasteiger partial charge in [0.05, 0.1) is 11.6 Å². The number of alkyl halides is 3. The lowest BCUT2D eigenvalue weighted by atomic mass is 9.88. The van der Waals surface area contributed by atoms with E-state index in [0.717, 1.165) is 37.0 Å². The summed E-state index contributed by atoms with van der Waals surface area (Å²) < 4.78 is 43.3. The minimum absolute atomic E-state index is 0.0222. The fraction of sp³-hybridized carbons (Fsp3) is 0.316. The summed E-state index contributed by atoms with van der Waals surface area (Å²) in [6, 6.07) is 12.4. The number of hydrogen-bond donors (Lipinski definition) is 1. The van der Waals surface area contributed by atoms with Crippen LogP contribution >= 0.6 is 0 Å². The van der Waals surface area contributed by atoms with Crippen molar-refractivity contribution in [2.75, 3.05) is 6.61 Å². The van der Waals surface area contributed by atoms with Crippen molar-refractivity contribution in [1.29, 1.82) is 0 Å². The van der Waals surface area contributed by atoms with E-state index in [-0.39, 0.29) is 24.3 Å². The van der Waals surface area contributed by atoms with Gasteiger partial charge in [0.1, 0.15) is 5.75 Å². The number of benzene rings is 2. The Hall–Kier alpha value is -2.50. The van der Waals surface area contributed by atoms with E-state index in [1.807, 2.05) is 24.3 Å². The van der Waals surface area contributed by atoms with Crippen LogP contribution in [0.4, 0.5) is 13.2 Å². The van der Waals surface area contributed by atoms with Gasteiger partial charge in [0.15, 0.2) is 6.61 Å². The third-order valence-electron chi connectivity index (χ3n) is 4.24. The van der Waals surface area contributed by atoms with Gasteiger partial charge >= 0.3 is 6.18 Å². The van der Waals surface area contributed by atoms with E-state index in [2.05, 4.69) is 5.32 Å². The molecule has 0 heterocycles. The number of hydrogen-bond acceptors (Lipinski definition) is 2. The highest BCUT2D eigenvalue weighted by molar-refractivity contribution is 5.78. The van der Waals surface area contributed by atoms with E-state index in [4.69, 9.17) is 4.74 Å². The molecule has 1 amide bonds. The number of nitrogens with one attached hydrogen (secondary N) is 1. The molecule has 6 heteroatoms. The van der Waals surface area contributed by atoms with Crippen molar-refractivity contribution < 1.29 is 22.7 Å². The van der Waals surface area contributed by atoms with E-state index in [1.165, 1.54) is 17.7 Å². The minimum Gasteiger partial charge on any atom is -0.484 e. The van der Waals surface area contributed by atoms with E-state index >= 15 is 0 Å². The Morgan fingerprint density at radius 1 is 1.16 bits per heavy atom. The second-order valence-corrected chi connectivity index (χ2v) is 6.03. The second-order valence-electron chi connectivity index (χ2n) is 6.03. The molecule has 1 atom stereocenters. The van der Waals surface area contributed by atoms with Crippen LogP contribution in [0.3, 0.4) is 0 Å². The average molecular weight is 349 g/mol. The highest BCUT2D eigenvalue weighted by Gasteiger charge is 2.30. The van der Waals surface area contributed by atoms with Crippen LogP contribution in [-0.4, -0.2) is 12.5 Å². The number of halogens is 3. The van der Waals surface area contributed by atoms with Crippen molar-refractivity contribution in [3.63, 3.8) is 0 Å². The number of fused-ring (bicyclic) bond motifs is 1. The summed E-state index contributed by atoms with van der Waals surface area (Å²) in [5, 5.41) is 2.90. The topological polar surface area (TPSA) is 38.3 Å². The van der Waals surface area contributed by atoms with Crippen LogP contribution in [0.5, 0.6) is 5.75 Å². The summed E-state index contributed by atoms with van der Waals surface area (Å²) in [4.78, 5) is 12.1. The van der Waals surface area contributed by atoms with Gasteiger partial charge < -0.3 is 10.1 Å². The fourth-order valence-electron chi connectivity index (χ4n) is 3.05. The number of amides is 1. The van der Waals surface area contributed by atoms with Gasteiger partial charge in [-0.15, -0.1) is 0 Å². The zero-order valence-corrected chi connectivity index (χ0v) is 13.5. The van der Waals surface area contributed by atoms with Crippen molar-refractivity contribution in [3.05, 3.63) is 65.2 Å². The maximum Gasteiger partial charge on any atom is 0.416 e. The van der Waals surface area contributed by atoms with Crippen LogP contribution in [0.15, 0.2) is 48.5 Å². The molecule has 0 saturated carbocycles. The Balaban J connectivity index is 1.59. The van der Waals surface area contributed by atoms with Crippen molar-refractivity contribution >= 4 is 5.91 Å². The van der Waals surface area contributed by atoms with Crippen LogP contribution in [0.1, 0.15) is 35.6 Å². The molecule has 0 aliphatic heterocycles. The van der Waals surface area contributed by atoms with Gasteiger partial charge in [-0.2, -0.15) is 13.2 Å². The maximum absolute atomic E-state index is 12.7. The summed E-state index contributed by atoms with van der Waals surface area (Å²) in [6.07, 6.45) is -1.63. The zero-order chi connectivity index (χ0) is 17.9. The third-order valence-corrected chi connectivity index (χ3v) is 4.24. The maximum atomic E-state index is 12.7. The number of carbonyl (C=O) groups excluding carboxylic acids is 1. The summed E-state index contributed by atoms with van der Waals surface area (Å²) in [5.41, 5.74) is 1.52. The molecule has 0 radical (unpaired) electrons. The van der Waals surface area contributed by atoms with E-state index in [0.29, 0.717) is 0 Å². The molecule has 0 aromatic heterocycles. The minimum atomic E-state index is -4.44. The number of rotatable bonds is 4. The third kappa shape index (κ3) is 4.32. The predicted molar refractivity (Wildman–Crippen MR) is 87.2 cm³/mol. The molecule has 3 rings (SSSR count). The molecule has 3 nitrogen and oxygen atoms in total. The van der Waals surface area contributed by atoms with E-state index in [9.17, 15) is 18.0 Å². The SMILES string of the molecule is O=C(COc1cccc(C(F)(F)F)c1)N[C@H]1CCCc2ccccc21. The smallest absolute Gasteiger partial charge is 0.416 e. The fourth-order valence-corrected chi connectivity index (χ4v) is 3.05. The number of carbonyl (C=O) groups is 1. The van der Waals surface area contributed by atoms with Gasteiger partial charge in [0.25, 0.3) is 5.91 Å². The van der Waals surface area contributed by atoms with Gasteiger partial charge in [-0.05, 0) is 48.6 Å². The lowest BCUT2D eigenvalue weighted by molar-refractivity contribution is -0.137. The average Bonchev–Trinajstić information content (AvgIpc) is 2.60. The highest BCUT2D eigenvalue weighted by atomic mass is 19.4. The molecule has 0 spiro atoms. The van der Waals surface area contributed by atoms with Crippen molar-refractivity contribution in [2.45, 2.75) is 31.5 Å². The molecule has 1 aliphatic rings. The summed E-state index contributed by atoms with van der Waals surface area (Å²) in [6.45, 7) is -0.319. The summed E-state index contributed by atoms with van der Waals surface area (Å²) in [7, 11) is 0. The molecule has 2 aromatic carbocycles. The molecular formula is C19H18F3NO2. The molecule has 1 aliphatic carbocycles. The first-order valence-electron chi connectivity index (χ1n) is 8.11. The largest absolute Gasteiger partial charge is 0.484 e. The molecule has 1 N–H and O–H groups in total. The van der Waals surface area contributed by atoms with Crippen LogP contribution in [0, 0.1) is 0 Å². The standard InChI is InChI=1S/C19H18F3NO2/c20-19(21,22)14-7-4-8-15(11-14)25-12-18(24)23-17-10-3-6-13-5-1-2-9-16(13)17/h1-2,4-5,7-9,11,17H,3,6,10,12H2,(H,23,24)/t17-/m0/s1. The normalized spacial score (nSPS) is 16.8. The van der Waals surface area contributed by atoms with Crippen molar-refractivity contribution in [1.82, 2.24) is 5.32 Å².